The molecule has 18 heavy (non-hydrogen) atoms. The van der Waals surface area contributed by atoms with Crippen molar-refractivity contribution in [3.63, 3.8) is 0 Å². The number of methoxy groups -OCH3 is 1. The first-order chi connectivity index (χ1) is 8.74. The fourth-order valence-corrected chi connectivity index (χ4v) is 2.50. The Labute approximate surface area is 107 Å². The fraction of sp³-hybridized carbons (Fsp3) is 0.571. The Hall–Kier alpha value is -0.970. The van der Waals surface area contributed by atoms with E-state index in [0.717, 1.165) is 18.4 Å². The van der Waals surface area contributed by atoms with Gasteiger partial charge in [-0.1, -0.05) is 18.2 Å². The Morgan fingerprint density at radius 1 is 1.44 bits per heavy atom. The van der Waals surface area contributed by atoms with Crippen LogP contribution in [0, 0.1) is 5.82 Å². The van der Waals surface area contributed by atoms with E-state index in [1.54, 1.807) is 13.2 Å². The number of benzene rings is 1. The van der Waals surface area contributed by atoms with Crippen molar-refractivity contribution in [1.29, 1.82) is 0 Å². The van der Waals surface area contributed by atoms with Crippen molar-refractivity contribution in [3.8, 4) is 0 Å². The van der Waals surface area contributed by atoms with Gasteiger partial charge in [0.25, 0.3) is 0 Å². The number of halogens is 1. The Morgan fingerprint density at radius 3 is 2.78 bits per heavy atom. The van der Waals surface area contributed by atoms with Crippen LogP contribution < -0.4 is 5.32 Å². The molecule has 4 heteroatoms. The smallest absolute Gasteiger partial charge is 0.126 e. The van der Waals surface area contributed by atoms with Gasteiger partial charge in [-0.3, -0.25) is 0 Å². The van der Waals surface area contributed by atoms with E-state index in [4.69, 9.17) is 9.84 Å². The lowest BCUT2D eigenvalue weighted by Crippen LogP contribution is -2.48. The highest BCUT2D eigenvalue weighted by Gasteiger charge is 2.32. The maximum atomic E-state index is 13.6. The Kier molecular flexibility index (Phi) is 4.69. The fourth-order valence-electron chi connectivity index (χ4n) is 2.50. The first-order valence-electron chi connectivity index (χ1n) is 6.34. The van der Waals surface area contributed by atoms with Gasteiger partial charge < -0.3 is 15.2 Å². The van der Waals surface area contributed by atoms with Crippen LogP contribution >= 0.6 is 0 Å². The molecule has 100 valence electrons. The lowest BCUT2D eigenvalue weighted by atomic mass is 9.75. The molecule has 0 aliphatic heterocycles. The highest BCUT2D eigenvalue weighted by molar-refractivity contribution is 5.24. The maximum absolute atomic E-state index is 13.6. The molecule has 1 aliphatic carbocycles. The van der Waals surface area contributed by atoms with Crippen molar-refractivity contribution < 1.29 is 14.2 Å². The van der Waals surface area contributed by atoms with Crippen molar-refractivity contribution in [2.24, 2.45) is 0 Å². The van der Waals surface area contributed by atoms with E-state index in [-0.39, 0.29) is 18.5 Å². The van der Waals surface area contributed by atoms with Gasteiger partial charge in [0.05, 0.1) is 19.3 Å². The number of rotatable bonds is 6. The SMILES string of the molecule is COCC(CO)NC1CC(c2ccccc2F)C1. The van der Waals surface area contributed by atoms with Crippen LogP contribution in [0.2, 0.25) is 0 Å². The maximum Gasteiger partial charge on any atom is 0.126 e. The molecule has 3 nitrogen and oxygen atoms in total. The van der Waals surface area contributed by atoms with E-state index in [1.165, 1.54) is 6.07 Å². The first-order valence-corrected chi connectivity index (χ1v) is 6.34. The van der Waals surface area contributed by atoms with Crippen LogP contribution in [0.25, 0.3) is 0 Å². The third-order valence-corrected chi connectivity index (χ3v) is 3.54. The molecule has 0 saturated heterocycles. The van der Waals surface area contributed by atoms with Crippen LogP contribution in [0.15, 0.2) is 24.3 Å². The Balaban J connectivity index is 1.82. The minimum absolute atomic E-state index is 0.0263. The van der Waals surface area contributed by atoms with Gasteiger partial charge in [0, 0.05) is 13.2 Å². The van der Waals surface area contributed by atoms with E-state index in [0.29, 0.717) is 18.6 Å². The summed E-state index contributed by atoms with van der Waals surface area (Å²) in [5.41, 5.74) is 0.808. The molecule has 0 spiro atoms. The summed E-state index contributed by atoms with van der Waals surface area (Å²) in [6.45, 7) is 0.562. The number of hydrogen-bond donors (Lipinski definition) is 2. The number of ether oxygens (including phenoxy) is 1. The molecule has 0 aromatic heterocycles. The number of aliphatic hydroxyl groups is 1. The minimum atomic E-state index is -0.114. The van der Waals surface area contributed by atoms with E-state index in [1.807, 2.05) is 12.1 Å². The topological polar surface area (TPSA) is 41.5 Å². The summed E-state index contributed by atoms with van der Waals surface area (Å²) in [6.07, 6.45) is 1.84. The highest BCUT2D eigenvalue weighted by atomic mass is 19.1. The average Bonchev–Trinajstić information content (AvgIpc) is 2.33. The molecule has 0 bridgehead atoms. The zero-order valence-corrected chi connectivity index (χ0v) is 10.6. The summed E-state index contributed by atoms with van der Waals surface area (Å²) in [6, 6.07) is 7.28. The zero-order chi connectivity index (χ0) is 13.0. The normalized spacial score (nSPS) is 24.6. The molecule has 1 aromatic carbocycles. The van der Waals surface area contributed by atoms with Crippen LogP contribution in [0.1, 0.15) is 24.3 Å². The first kappa shape index (κ1) is 13.5. The van der Waals surface area contributed by atoms with E-state index < -0.39 is 0 Å². The van der Waals surface area contributed by atoms with Gasteiger partial charge in [0.15, 0.2) is 0 Å². The second-order valence-corrected chi connectivity index (χ2v) is 4.89. The minimum Gasteiger partial charge on any atom is -0.395 e. The molecule has 2 N–H and O–H groups in total. The number of nitrogens with one attached hydrogen (secondary N) is 1. The second kappa shape index (κ2) is 6.27. The molecule has 1 unspecified atom stereocenters. The van der Waals surface area contributed by atoms with Crippen molar-refractivity contribution in [3.05, 3.63) is 35.6 Å². The van der Waals surface area contributed by atoms with E-state index in [2.05, 4.69) is 5.32 Å². The molecule has 1 aliphatic rings. The van der Waals surface area contributed by atoms with Crippen LogP contribution in [0.5, 0.6) is 0 Å². The number of aliphatic hydroxyl groups excluding tert-OH is 1. The summed E-state index contributed by atoms with van der Waals surface area (Å²) in [5, 5.41) is 12.5. The molecular formula is C14H20FNO2. The van der Waals surface area contributed by atoms with Crippen molar-refractivity contribution in [1.82, 2.24) is 5.32 Å². The van der Waals surface area contributed by atoms with Crippen LogP contribution in [0.3, 0.4) is 0 Å². The molecule has 0 amide bonds. The lowest BCUT2D eigenvalue weighted by Gasteiger charge is -2.38. The van der Waals surface area contributed by atoms with Gasteiger partial charge in [0.2, 0.25) is 0 Å². The molecular weight excluding hydrogens is 233 g/mol. The summed E-state index contributed by atoms with van der Waals surface area (Å²) in [7, 11) is 1.62. The van der Waals surface area contributed by atoms with Gasteiger partial charge in [-0.05, 0) is 30.4 Å². The molecule has 1 atom stereocenters. The van der Waals surface area contributed by atoms with Gasteiger partial charge in [0.1, 0.15) is 5.82 Å². The predicted octanol–water partition coefficient (Wildman–Crippen LogP) is 1.67. The third kappa shape index (κ3) is 3.07. The van der Waals surface area contributed by atoms with Gasteiger partial charge >= 0.3 is 0 Å². The van der Waals surface area contributed by atoms with Crippen LogP contribution in [-0.2, 0) is 4.74 Å². The molecule has 1 saturated carbocycles. The van der Waals surface area contributed by atoms with Crippen LogP contribution in [-0.4, -0.2) is 37.5 Å². The van der Waals surface area contributed by atoms with Crippen molar-refractivity contribution in [2.45, 2.75) is 30.8 Å². The molecule has 0 radical (unpaired) electrons. The Morgan fingerprint density at radius 2 is 2.17 bits per heavy atom. The van der Waals surface area contributed by atoms with Gasteiger partial charge in [-0.2, -0.15) is 0 Å². The quantitative estimate of drug-likeness (QED) is 0.810. The lowest BCUT2D eigenvalue weighted by molar-refractivity contribution is 0.109. The van der Waals surface area contributed by atoms with Crippen molar-refractivity contribution in [2.75, 3.05) is 20.3 Å². The highest BCUT2D eigenvalue weighted by Crippen LogP contribution is 2.38. The summed E-state index contributed by atoms with van der Waals surface area (Å²) >= 11 is 0. The predicted molar refractivity (Wildman–Crippen MR) is 68.0 cm³/mol. The number of hydrogen-bond acceptors (Lipinski definition) is 3. The molecule has 1 fully saturated rings. The molecule has 0 heterocycles. The van der Waals surface area contributed by atoms with Crippen molar-refractivity contribution >= 4 is 0 Å². The van der Waals surface area contributed by atoms with Gasteiger partial charge in [-0.25, -0.2) is 4.39 Å². The average molecular weight is 253 g/mol. The molecule has 2 rings (SSSR count). The van der Waals surface area contributed by atoms with E-state index >= 15 is 0 Å². The Bertz CT molecular complexity index is 380. The zero-order valence-electron chi connectivity index (χ0n) is 10.6. The monoisotopic (exact) mass is 253 g/mol. The van der Waals surface area contributed by atoms with E-state index in [9.17, 15) is 4.39 Å². The standard InChI is InChI=1S/C14H20FNO2/c1-18-9-12(8-17)16-11-6-10(7-11)13-4-2-3-5-14(13)15/h2-5,10-12,16-17H,6-9H2,1H3. The molecule has 1 aromatic rings. The summed E-state index contributed by atoms with van der Waals surface area (Å²) in [4.78, 5) is 0. The second-order valence-electron chi connectivity index (χ2n) is 4.89. The van der Waals surface area contributed by atoms with Crippen LogP contribution in [0.4, 0.5) is 4.39 Å². The summed E-state index contributed by atoms with van der Waals surface area (Å²) in [5.74, 6) is 0.183. The third-order valence-electron chi connectivity index (χ3n) is 3.54. The largest absolute Gasteiger partial charge is 0.395 e. The summed E-state index contributed by atoms with van der Waals surface area (Å²) < 4.78 is 18.6. The van der Waals surface area contributed by atoms with Gasteiger partial charge in [-0.15, -0.1) is 0 Å².